The van der Waals surface area contributed by atoms with Crippen LogP contribution in [0, 0.1) is 11.6 Å². The second-order valence-electron chi connectivity index (χ2n) is 9.84. The lowest BCUT2D eigenvalue weighted by Gasteiger charge is -2.38. The third-order valence-corrected chi connectivity index (χ3v) is 8.90. The number of rotatable bonds is 5. The minimum atomic E-state index is -4.41. The topological polar surface area (TPSA) is 95.6 Å². The number of ketones is 1. The molecular formula is C25H27F2N3O4S. The van der Waals surface area contributed by atoms with E-state index in [9.17, 15) is 26.8 Å². The minimum absolute atomic E-state index is 0.0368. The zero-order chi connectivity index (χ0) is 25.0. The molecule has 1 amide bonds. The van der Waals surface area contributed by atoms with Crippen molar-refractivity contribution >= 4 is 27.4 Å². The third-order valence-electron chi connectivity index (χ3n) is 7.48. The molecule has 0 bridgehead atoms. The number of piperidine rings is 1. The van der Waals surface area contributed by atoms with Crippen molar-refractivity contribution in [3.63, 3.8) is 0 Å². The van der Waals surface area contributed by atoms with E-state index < -0.39 is 32.0 Å². The van der Waals surface area contributed by atoms with Crippen molar-refractivity contribution in [3.05, 3.63) is 58.7 Å². The van der Waals surface area contributed by atoms with Gasteiger partial charge >= 0.3 is 0 Å². The van der Waals surface area contributed by atoms with E-state index in [2.05, 4.69) is 14.9 Å². The van der Waals surface area contributed by atoms with Gasteiger partial charge in [0, 0.05) is 36.3 Å². The highest BCUT2D eigenvalue weighted by Gasteiger charge is 2.51. The number of fused-ring (bicyclic) bond motifs is 2. The van der Waals surface area contributed by atoms with Crippen molar-refractivity contribution in [2.45, 2.75) is 54.9 Å². The van der Waals surface area contributed by atoms with Gasteiger partial charge in [0.2, 0.25) is 0 Å². The first-order valence-corrected chi connectivity index (χ1v) is 13.3. The highest BCUT2D eigenvalue weighted by atomic mass is 32.2. The molecule has 2 aromatic carbocycles. The maximum atomic E-state index is 14.2. The summed E-state index contributed by atoms with van der Waals surface area (Å²) in [6, 6.07) is 5.15. The molecule has 186 valence electrons. The largest absolute Gasteiger partial charge is 0.348 e. The molecule has 35 heavy (non-hydrogen) atoms. The number of Topliss-reactive ketones (excluding diaryl/α,β-unsaturated/α-hetero) is 1. The highest BCUT2D eigenvalue weighted by Crippen LogP contribution is 2.52. The fraction of sp³-hybridized carbons (Fsp3) is 0.440. The van der Waals surface area contributed by atoms with Crippen molar-refractivity contribution < 1.29 is 26.8 Å². The van der Waals surface area contributed by atoms with Crippen LogP contribution in [-0.4, -0.2) is 51.2 Å². The third kappa shape index (κ3) is 4.23. The molecule has 2 aromatic rings. The van der Waals surface area contributed by atoms with Crippen LogP contribution in [-0.2, 0) is 26.7 Å². The summed E-state index contributed by atoms with van der Waals surface area (Å²) in [5, 5.41) is 3.04. The Kier molecular flexibility index (Phi) is 5.91. The van der Waals surface area contributed by atoms with Crippen LogP contribution in [0.2, 0.25) is 0 Å². The Morgan fingerprint density at radius 1 is 1.14 bits per heavy atom. The molecule has 1 aliphatic heterocycles. The van der Waals surface area contributed by atoms with E-state index in [4.69, 9.17) is 0 Å². The molecule has 5 rings (SSSR count). The van der Waals surface area contributed by atoms with Crippen molar-refractivity contribution in [1.29, 1.82) is 0 Å². The quantitative estimate of drug-likeness (QED) is 0.654. The number of amides is 1. The van der Waals surface area contributed by atoms with Crippen molar-refractivity contribution in [1.82, 2.24) is 10.2 Å². The van der Waals surface area contributed by atoms with Gasteiger partial charge in [0.15, 0.2) is 0 Å². The average Bonchev–Trinajstić information content (AvgIpc) is 3.04. The first kappa shape index (κ1) is 23.9. The number of benzene rings is 2. The molecule has 1 spiro atoms. The summed E-state index contributed by atoms with van der Waals surface area (Å²) < 4.78 is 55.7. The number of sulfonamides is 1. The monoisotopic (exact) mass is 503 g/mol. The van der Waals surface area contributed by atoms with E-state index >= 15 is 0 Å². The number of halogens is 2. The molecule has 2 fully saturated rings. The van der Waals surface area contributed by atoms with Gasteiger partial charge in [-0.25, -0.2) is 17.2 Å². The summed E-state index contributed by atoms with van der Waals surface area (Å²) >= 11 is 0. The Balaban J connectivity index is 1.53. The lowest BCUT2D eigenvalue weighted by atomic mass is 9.64. The van der Waals surface area contributed by atoms with Crippen molar-refractivity contribution in [2.24, 2.45) is 0 Å². The first-order chi connectivity index (χ1) is 16.6. The van der Waals surface area contributed by atoms with Crippen LogP contribution < -0.4 is 10.0 Å². The number of carbonyl (C=O) groups is 2. The predicted molar refractivity (Wildman–Crippen MR) is 126 cm³/mol. The molecule has 1 saturated heterocycles. The van der Waals surface area contributed by atoms with Crippen LogP contribution in [0.3, 0.4) is 0 Å². The maximum Gasteiger partial charge on any atom is 0.264 e. The van der Waals surface area contributed by atoms with Gasteiger partial charge in [-0.05, 0) is 74.7 Å². The van der Waals surface area contributed by atoms with Crippen LogP contribution >= 0.6 is 0 Å². The van der Waals surface area contributed by atoms with Gasteiger partial charge in [0.05, 0.1) is 5.41 Å². The van der Waals surface area contributed by atoms with Crippen LogP contribution in [0.1, 0.15) is 53.6 Å². The van der Waals surface area contributed by atoms with Crippen LogP contribution in [0.15, 0.2) is 35.2 Å². The van der Waals surface area contributed by atoms with Gasteiger partial charge in [-0.1, -0.05) is 6.42 Å². The van der Waals surface area contributed by atoms with Crippen LogP contribution in [0.5, 0.6) is 0 Å². The molecule has 10 heteroatoms. The predicted octanol–water partition coefficient (Wildman–Crippen LogP) is 3.14. The number of hydrogen-bond acceptors (Lipinski definition) is 5. The van der Waals surface area contributed by atoms with Gasteiger partial charge in [0.25, 0.3) is 15.9 Å². The van der Waals surface area contributed by atoms with E-state index in [1.165, 1.54) is 6.07 Å². The molecule has 7 nitrogen and oxygen atoms in total. The molecule has 2 N–H and O–H groups in total. The van der Waals surface area contributed by atoms with Gasteiger partial charge in [-0.3, -0.25) is 14.3 Å². The van der Waals surface area contributed by atoms with Crippen molar-refractivity contribution in [3.8, 4) is 0 Å². The first-order valence-electron chi connectivity index (χ1n) is 11.8. The summed E-state index contributed by atoms with van der Waals surface area (Å²) in [5.74, 6) is -2.44. The zero-order valence-electron chi connectivity index (χ0n) is 19.4. The van der Waals surface area contributed by atoms with E-state index in [0.29, 0.717) is 36.6 Å². The molecule has 0 aromatic heterocycles. The Hall–Kier alpha value is -2.85. The Morgan fingerprint density at radius 2 is 1.91 bits per heavy atom. The second kappa shape index (κ2) is 8.67. The van der Waals surface area contributed by atoms with E-state index in [1.807, 2.05) is 7.05 Å². The second-order valence-corrected chi connectivity index (χ2v) is 11.5. The molecule has 3 aliphatic rings. The molecule has 2 aliphatic carbocycles. The lowest BCUT2D eigenvalue weighted by Crippen LogP contribution is -2.46. The Morgan fingerprint density at radius 3 is 2.57 bits per heavy atom. The average molecular weight is 504 g/mol. The SMILES string of the molecule is CN1CCCC(NC(=O)c2cc(NS(=O)(=O)c3ccc(F)cc3F)cc3c2CC(=O)C32CCC2)C1. The standard InChI is InChI=1S/C25H27F2N3O4S/c1-30-9-2-4-16(14-30)28-24(32)19-11-17(12-20-18(19)13-23(31)25(20)7-3-8-25)29-35(33,34)22-6-5-15(26)10-21(22)27/h5-6,10-12,16,29H,2-4,7-9,13-14H2,1H3,(H,28,32). The van der Waals surface area contributed by atoms with Crippen molar-refractivity contribution in [2.75, 3.05) is 24.9 Å². The number of hydrogen-bond donors (Lipinski definition) is 2. The number of nitrogens with zero attached hydrogens (tertiary/aromatic N) is 1. The summed E-state index contributed by atoms with van der Waals surface area (Å²) in [4.78, 5) is 27.8. The summed E-state index contributed by atoms with van der Waals surface area (Å²) in [5.41, 5.74) is 0.925. The number of nitrogens with one attached hydrogen (secondary N) is 2. The molecule has 1 atom stereocenters. The molecule has 1 heterocycles. The summed E-state index contributed by atoms with van der Waals surface area (Å²) in [6.07, 6.45) is 4.08. The van der Waals surface area contributed by atoms with Crippen LogP contribution in [0.25, 0.3) is 0 Å². The fourth-order valence-electron chi connectivity index (χ4n) is 5.56. The minimum Gasteiger partial charge on any atom is -0.348 e. The Labute approximate surface area is 202 Å². The number of anilines is 1. The van der Waals surface area contributed by atoms with E-state index in [-0.39, 0.29) is 35.4 Å². The number of carbonyl (C=O) groups excluding carboxylic acids is 2. The molecule has 1 unspecified atom stereocenters. The summed E-state index contributed by atoms with van der Waals surface area (Å²) in [7, 11) is -2.42. The van der Waals surface area contributed by atoms with Crippen LogP contribution in [0.4, 0.5) is 14.5 Å². The van der Waals surface area contributed by atoms with Gasteiger partial charge in [-0.2, -0.15) is 0 Å². The maximum absolute atomic E-state index is 14.2. The van der Waals surface area contributed by atoms with E-state index in [0.717, 1.165) is 37.9 Å². The van der Waals surface area contributed by atoms with Gasteiger partial charge in [-0.15, -0.1) is 0 Å². The normalized spacial score (nSPS) is 21.5. The lowest BCUT2D eigenvalue weighted by molar-refractivity contribution is -0.125. The highest BCUT2D eigenvalue weighted by molar-refractivity contribution is 7.92. The van der Waals surface area contributed by atoms with Gasteiger partial charge in [0.1, 0.15) is 22.3 Å². The molecular weight excluding hydrogens is 476 g/mol. The number of likely N-dealkylation sites (tertiary alicyclic amines) is 1. The molecule has 1 saturated carbocycles. The molecule has 0 radical (unpaired) electrons. The summed E-state index contributed by atoms with van der Waals surface area (Å²) in [6.45, 7) is 1.66. The smallest absolute Gasteiger partial charge is 0.264 e. The fourth-order valence-corrected chi connectivity index (χ4v) is 6.66. The van der Waals surface area contributed by atoms with E-state index in [1.54, 1.807) is 6.07 Å². The van der Waals surface area contributed by atoms with Gasteiger partial charge < -0.3 is 10.2 Å². The number of likely N-dealkylation sites (N-methyl/N-ethyl adjacent to an activating group) is 1. The zero-order valence-corrected chi connectivity index (χ0v) is 20.2. The Bertz CT molecular complexity index is 1320.